The van der Waals surface area contributed by atoms with Crippen LogP contribution in [0.5, 0.6) is 0 Å². The first-order valence-corrected chi connectivity index (χ1v) is 11.1. The van der Waals surface area contributed by atoms with E-state index in [1.807, 2.05) is 43.3 Å². The number of carbonyl (C=O) groups excluding carboxylic acids is 1. The van der Waals surface area contributed by atoms with Crippen LogP contribution in [0.4, 0.5) is 0 Å². The van der Waals surface area contributed by atoms with Gasteiger partial charge in [-0.3, -0.25) is 4.79 Å². The summed E-state index contributed by atoms with van der Waals surface area (Å²) in [6, 6.07) is 20.3. The van der Waals surface area contributed by atoms with Crippen LogP contribution in [0.3, 0.4) is 0 Å². The minimum absolute atomic E-state index is 0.232. The molecule has 2 aromatic rings. The van der Waals surface area contributed by atoms with Crippen LogP contribution in [0.25, 0.3) is 11.3 Å². The van der Waals surface area contributed by atoms with Crippen molar-refractivity contribution in [3.63, 3.8) is 0 Å². The first kappa shape index (κ1) is 24.2. The van der Waals surface area contributed by atoms with E-state index < -0.39 is 17.9 Å². The van der Waals surface area contributed by atoms with Crippen molar-refractivity contribution >= 4 is 23.1 Å². The second kappa shape index (κ2) is 11.4. The van der Waals surface area contributed by atoms with E-state index in [0.29, 0.717) is 13.0 Å². The zero-order valence-electron chi connectivity index (χ0n) is 18.8. The van der Waals surface area contributed by atoms with Crippen molar-refractivity contribution in [2.45, 2.75) is 44.5 Å². The van der Waals surface area contributed by atoms with Crippen molar-refractivity contribution in [3.8, 4) is 0 Å². The van der Waals surface area contributed by atoms with Gasteiger partial charge in [-0.2, -0.15) is 0 Å². The fourth-order valence-electron chi connectivity index (χ4n) is 3.64. The quantitative estimate of drug-likeness (QED) is 0.308. The molecule has 5 N–H and O–H groups in total. The number of rotatable bonds is 11. The first-order valence-electron chi connectivity index (χ1n) is 11.1. The second-order valence-electron chi connectivity index (χ2n) is 8.16. The molecule has 1 amide bonds. The second-order valence-corrected chi connectivity index (χ2v) is 8.16. The van der Waals surface area contributed by atoms with Gasteiger partial charge in [0.2, 0.25) is 5.91 Å². The number of hydrogen-bond acceptors (Lipinski definition) is 5. The summed E-state index contributed by atoms with van der Waals surface area (Å²) in [5, 5.41) is 14.5. The number of benzene rings is 2. The van der Waals surface area contributed by atoms with Crippen molar-refractivity contribution in [2.24, 2.45) is 5.73 Å². The van der Waals surface area contributed by atoms with E-state index in [2.05, 4.69) is 47.1 Å². The summed E-state index contributed by atoms with van der Waals surface area (Å²) in [5.41, 5.74) is 8.90. The molecule has 3 rings (SSSR count). The summed E-state index contributed by atoms with van der Waals surface area (Å²) >= 11 is 0. The molecule has 0 saturated heterocycles. The summed E-state index contributed by atoms with van der Waals surface area (Å²) in [4.78, 5) is 22.4. The SMILES string of the molecule is CC1(OCCCCCC(=O)NC(N)C(=O)O)C=C(c2ccccc2)C=C(c2ccccc2)N1. The molecule has 7 heteroatoms. The number of dihydropyridines is 1. The summed E-state index contributed by atoms with van der Waals surface area (Å²) in [5.74, 6) is -1.61. The van der Waals surface area contributed by atoms with Crippen LogP contribution in [0.1, 0.15) is 43.7 Å². The molecule has 0 aromatic heterocycles. The minimum atomic E-state index is -1.37. The number of nitrogens with one attached hydrogen (secondary N) is 2. The molecule has 0 spiro atoms. The third kappa shape index (κ3) is 7.30. The van der Waals surface area contributed by atoms with Gasteiger partial charge >= 0.3 is 5.97 Å². The minimum Gasteiger partial charge on any atom is -0.479 e. The average molecular weight is 450 g/mol. The molecule has 0 saturated carbocycles. The Bertz CT molecular complexity index is 1000. The topological polar surface area (TPSA) is 114 Å². The lowest BCUT2D eigenvalue weighted by atomic mass is 9.95. The number of ether oxygens (including phenoxy) is 1. The lowest BCUT2D eigenvalue weighted by Crippen LogP contribution is -2.47. The molecule has 1 aliphatic heterocycles. The van der Waals surface area contributed by atoms with Gasteiger partial charge in [0, 0.05) is 18.7 Å². The van der Waals surface area contributed by atoms with E-state index in [9.17, 15) is 9.59 Å². The Kier molecular flexibility index (Phi) is 8.40. The van der Waals surface area contributed by atoms with Gasteiger partial charge in [-0.1, -0.05) is 67.1 Å². The number of nitrogens with two attached hydrogens (primary N) is 1. The fraction of sp³-hybridized carbons (Fsp3) is 0.308. The number of aliphatic carboxylic acids is 1. The maximum absolute atomic E-state index is 11.7. The number of carboxylic acid groups (broad SMARTS) is 1. The highest BCUT2D eigenvalue weighted by Crippen LogP contribution is 2.31. The van der Waals surface area contributed by atoms with E-state index in [-0.39, 0.29) is 12.3 Å². The van der Waals surface area contributed by atoms with Crippen LogP contribution in [0.15, 0.2) is 72.8 Å². The molecule has 2 aromatic carbocycles. The van der Waals surface area contributed by atoms with Gasteiger partial charge in [0.05, 0.1) is 0 Å². The molecule has 0 aliphatic carbocycles. The van der Waals surface area contributed by atoms with Crippen molar-refractivity contribution in [2.75, 3.05) is 6.61 Å². The van der Waals surface area contributed by atoms with Crippen LogP contribution >= 0.6 is 0 Å². The van der Waals surface area contributed by atoms with Crippen LogP contribution in [-0.4, -0.2) is 35.5 Å². The van der Waals surface area contributed by atoms with Gasteiger partial charge < -0.3 is 26.2 Å². The van der Waals surface area contributed by atoms with Gasteiger partial charge in [0.1, 0.15) is 0 Å². The molecule has 1 heterocycles. The average Bonchev–Trinajstić information content (AvgIpc) is 2.82. The zero-order valence-corrected chi connectivity index (χ0v) is 18.8. The van der Waals surface area contributed by atoms with Crippen LogP contribution in [0.2, 0.25) is 0 Å². The first-order chi connectivity index (χ1) is 15.9. The molecule has 7 nitrogen and oxygen atoms in total. The molecule has 0 fully saturated rings. The summed E-state index contributed by atoms with van der Waals surface area (Å²) < 4.78 is 6.25. The fourth-order valence-corrected chi connectivity index (χ4v) is 3.64. The summed E-state index contributed by atoms with van der Waals surface area (Å²) in [6.07, 6.45) is 5.28. The summed E-state index contributed by atoms with van der Waals surface area (Å²) in [6.45, 7) is 2.52. The number of carbonyl (C=O) groups is 2. The molecule has 1 aliphatic rings. The molecule has 0 bridgehead atoms. The largest absolute Gasteiger partial charge is 0.479 e. The highest BCUT2D eigenvalue weighted by atomic mass is 16.5. The number of allylic oxidation sites excluding steroid dienone is 2. The van der Waals surface area contributed by atoms with Crippen LogP contribution in [0, 0.1) is 0 Å². The van der Waals surface area contributed by atoms with E-state index in [4.69, 9.17) is 15.6 Å². The van der Waals surface area contributed by atoms with Crippen molar-refractivity contribution in [3.05, 3.63) is 83.9 Å². The van der Waals surface area contributed by atoms with E-state index in [0.717, 1.165) is 35.2 Å². The molecule has 2 unspecified atom stereocenters. The van der Waals surface area contributed by atoms with Gasteiger partial charge in [0.15, 0.2) is 11.9 Å². The molecular formula is C26H31N3O4. The molecule has 33 heavy (non-hydrogen) atoms. The number of amides is 1. The number of carboxylic acids is 1. The Morgan fingerprint density at radius 3 is 2.30 bits per heavy atom. The monoisotopic (exact) mass is 449 g/mol. The van der Waals surface area contributed by atoms with Gasteiger partial charge in [0.25, 0.3) is 0 Å². The van der Waals surface area contributed by atoms with Gasteiger partial charge in [-0.15, -0.1) is 0 Å². The standard InChI is InChI=1S/C26H31N3O4/c1-26(33-16-10-4-9-15-23(30)28-24(27)25(31)32)18-21(19-11-5-2-6-12-19)17-22(29-26)20-13-7-3-8-14-20/h2-3,5-8,11-14,17-18,24,29H,4,9-10,15-16,27H2,1H3,(H,28,30)(H,31,32). The Balaban J connectivity index is 1.56. The highest BCUT2D eigenvalue weighted by Gasteiger charge is 2.28. The lowest BCUT2D eigenvalue weighted by Gasteiger charge is -2.34. The summed E-state index contributed by atoms with van der Waals surface area (Å²) in [7, 11) is 0. The molecule has 0 radical (unpaired) electrons. The smallest absolute Gasteiger partial charge is 0.341 e. The van der Waals surface area contributed by atoms with Crippen LogP contribution < -0.4 is 16.4 Å². The van der Waals surface area contributed by atoms with Gasteiger partial charge in [-0.25, -0.2) is 4.79 Å². The van der Waals surface area contributed by atoms with Crippen molar-refractivity contribution in [1.82, 2.24) is 10.6 Å². The Labute approximate surface area is 194 Å². The lowest BCUT2D eigenvalue weighted by molar-refractivity contribution is -0.141. The van der Waals surface area contributed by atoms with Gasteiger partial charge in [-0.05, 0) is 48.6 Å². The third-order valence-corrected chi connectivity index (χ3v) is 5.34. The molecule has 174 valence electrons. The normalized spacial score (nSPS) is 18.5. The molecular weight excluding hydrogens is 418 g/mol. The van der Waals surface area contributed by atoms with Crippen LogP contribution in [-0.2, 0) is 14.3 Å². The number of unbranched alkanes of at least 4 members (excludes halogenated alkanes) is 2. The Morgan fingerprint density at radius 1 is 1.03 bits per heavy atom. The predicted molar refractivity (Wildman–Crippen MR) is 129 cm³/mol. The van der Waals surface area contributed by atoms with E-state index >= 15 is 0 Å². The van der Waals surface area contributed by atoms with Crippen molar-refractivity contribution < 1.29 is 19.4 Å². The van der Waals surface area contributed by atoms with E-state index in [1.165, 1.54) is 0 Å². The third-order valence-electron chi connectivity index (χ3n) is 5.34. The zero-order chi connectivity index (χ0) is 23.7. The Morgan fingerprint density at radius 2 is 1.67 bits per heavy atom. The maximum atomic E-state index is 11.7. The predicted octanol–water partition coefficient (Wildman–Crippen LogP) is 3.49. The highest BCUT2D eigenvalue weighted by molar-refractivity contribution is 5.86. The maximum Gasteiger partial charge on any atom is 0.341 e. The molecule has 2 atom stereocenters. The Hall–Kier alpha value is -3.42. The van der Waals surface area contributed by atoms with E-state index in [1.54, 1.807) is 0 Å². The number of hydrogen-bond donors (Lipinski definition) is 4. The van der Waals surface area contributed by atoms with Crippen molar-refractivity contribution in [1.29, 1.82) is 0 Å².